The van der Waals surface area contributed by atoms with Crippen molar-refractivity contribution in [3.05, 3.63) is 9.67 Å². The van der Waals surface area contributed by atoms with E-state index in [1.54, 1.807) is 3.59 Å². The minimum absolute atomic E-state index is 0.890. The van der Waals surface area contributed by atoms with Gasteiger partial charge in [0.1, 0.15) is 0 Å². The molecule has 0 aliphatic heterocycles. The molecule has 27 heavy (non-hydrogen) atoms. The molecule has 0 aromatic rings. The Morgan fingerprint density at radius 3 is 1.67 bits per heavy atom. The third-order valence-electron chi connectivity index (χ3n) is 5.51. The van der Waals surface area contributed by atoms with Crippen LogP contribution < -0.4 is 0 Å². The van der Waals surface area contributed by atoms with Crippen LogP contribution in [0.4, 0.5) is 0 Å². The summed E-state index contributed by atoms with van der Waals surface area (Å²) in [6.07, 6.45) is 16.9. The summed E-state index contributed by atoms with van der Waals surface area (Å²) >= 11 is -2.50. The monoisotopic (exact) mass is 484 g/mol. The van der Waals surface area contributed by atoms with Crippen molar-refractivity contribution < 1.29 is 5.11 Å². The van der Waals surface area contributed by atoms with Crippen LogP contribution in [0.2, 0.25) is 13.3 Å². The molecule has 0 fully saturated rings. The van der Waals surface area contributed by atoms with Crippen molar-refractivity contribution in [2.45, 2.75) is 131 Å². The minimum atomic E-state index is -2.50. The van der Waals surface area contributed by atoms with Crippen molar-refractivity contribution in [1.82, 2.24) is 0 Å². The summed E-state index contributed by atoms with van der Waals surface area (Å²) in [4.78, 5) is 0. The van der Waals surface area contributed by atoms with Gasteiger partial charge in [-0.25, -0.2) is 0 Å². The third-order valence-corrected chi connectivity index (χ3v) is 20.9. The molecular weight excluding hydrogens is 435 g/mol. The standard InChI is InChI=1S/C13H21O.3C4H9.Sn/c1-4-5-6-7-8-9-10-11-12-13(2,3)14;3*1-3-4-2;/h9,14H,4-8H2,1-3H3;3*1,3-4H2,2H3;. The van der Waals surface area contributed by atoms with E-state index in [0.29, 0.717) is 0 Å². The maximum absolute atomic E-state index is 10.2. The van der Waals surface area contributed by atoms with Crippen molar-refractivity contribution in [1.29, 1.82) is 0 Å². The first-order valence-electron chi connectivity index (χ1n) is 11.8. The van der Waals surface area contributed by atoms with Gasteiger partial charge in [-0.2, -0.15) is 0 Å². The molecule has 0 atom stereocenters. The van der Waals surface area contributed by atoms with Crippen LogP contribution in [-0.2, 0) is 0 Å². The first kappa shape index (κ1) is 27.1. The van der Waals surface area contributed by atoms with Gasteiger partial charge in [0, 0.05) is 0 Å². The Balaban J connectivity index is 5.76. The third kappa shape index (κ3) is 13.0. The zero-order valence-corrected chi connectivity index (χ0v) is 22.3. The second-order valence-electron chi connectivity index (χ2n) is 8.87. The Kier molecular flexibility index (Phi) is 16.0. The fraction of sp³-hybridized carbons (Fsp3) is 0.840. The van der Waals surface area contributed by atoms with Crippen molar-refractivity contribution in [3.63, 3.8) is 0 Å². The van der Waals surface area contributed by atoms with Crippen LogP contribution in [0.1, 0.15) is 112 Å². The van der Waals surface area contributed by atoms with Gasteiger partial charge in [0.25, 0.3) is 0 Å². The molecule has 0 aliphatic rings. The summed E-state index contributed by atoms with van der Waals surface area (Å²) in [5.41, 5.74) is -0.890. The van der Waals surface area contributed by atoms with Gasteiger partial charge in [-0.15, -0.1) is 0 Å². The molecule has 0 bridgehead atoms. The predicted octanol–water partition coefficient (Wildman–Crippen LogP) is 8.05. The predicted molar refractivity (Wildman–Crippen MR) is 126 cm³/mol. The van der Waals surface area contributed by atoms with Gasteiger partial charge in [-0.05, 0) is 0 Å². The van der Waals surface area contributed by atoms with Gasteiger partial charge < -0.3 is 0 Å². The quantitative estimate of drug-likeness (QED) is 0.142. The van der Waals surface area contributed by atoms with Crippen LogP contribution in [0, 0.1) is 11.8 Å². The average molecular weight is 483 g/mol. The van der Waals surface area contributed by atoms with Gasteiger partial charge in [-0.1, -0.05) is 0 Å². The molecule has 0 amide bonds. The zero-order chi connectivity index (χ0) is 20.6. The molecule has 0 radical (unpaired) electrons. The summed E-state index contributed by atoms with van der Waals surface area (Å²) in [6.45, 7) is 12.9. The number of unbranched alkanes of at least 4 members (excludes halogenated alkanes) is 7. The zero-order valence-electron chi connectivity index (χ0n) is 19.4. The van der Waals surface area contributed by atoms with Crippen LogP contribution in [0.5, 0.6) is 0 Å². The molecule has 0 heterocycles. The molecule has 0 aromatic heterocycles. The van der Waals surface area contributed by atoms with Crippen molar-refractivity contribution >= 4 is 18.4 Å². The summed E-state index contributed by atoms with van der Waals surface area (Å²) in [7, 11) is 0. The molecule has 1 N–H and O–H groups in total. The van der Waals surface area contributed by atoms with Crippen LogP contribution >= 0.6 is 0 Å². The van der Waals surface area contributed by atoms with E-state index >= 15 is 0 Å². The Morgan fingerprint density at radius 2 is 1.26 bits per heavy atom. The van der Waals surface area contributed by atoms with Crippen LogP contribution in [-0.4, -0.2) is 29.1 Å². The Labute approximate surface area is 175 Å². The maximum atomic E-state index is 10.2. The summed E-state index contributed by atoms with van der Waals surface area (Å²) in [5.74, 6) is 6.77. The molecule has 0 saturated heterocycles. The summed E-state index contributed by atoms with van der Waals surface area (Å²) in [6, 6.07) is 0. The molecular formula is C25H48OSn. The van der Waals surface area contributed by atoms with E-state index in [-0.39, 0.29) is 0 Å². The van der Waals surface area contributed by atoms with Crippen molar-refractivity contribution in [2.75, 3.05) is 0 Å². The van der Waals surface area contributed by atoms with Gasteiger partial charge in [0.15, 0.2) is 0 Å². The molecule has 1 nitrogen and oxygen atoms in total. The molecule has 0 aromatic carbocycles. The van der Waals surface area contributed by atoms with E-state index in [2.05, 4.69) is 45.6 Å². The SMILES string of the molecule is CCCCCC/C=[C](/C#CC(C)(C)O)[Sn]([CH2]CCC)([CH2]CCC)[CH2]CCC. The number of aliphatic hydroxyl groups is 1. The van der Waals surface area contributed by atoms with E-state index < -0.39 is 24.0 Å². The number of hydrogen-bond donors (Lipinski definition) is 1. The fourth-order valence-electron chi connectivity index (χ4n) is 3.76. The van der Waals surface area contributed by atoms with Gasteiger partial charge in [-0.3, -0.25) is 0 Å². The number of allylic oxidation sites excluding steroid dienone is 2. The molecule has 0 saturated carbocycles. The molecule has 0 unspecified atom stereocenters. The molecule has 0 aliphatic carbocycles. The van der Waals surface area contributed by atoms with E-state index in [0.717, 1.165) is 0 Å². The summed E-state index contributed by atoms with van der Waals surface area (Å²) in [5, 5.41) is 10.2. The van der Waals surface area contributed by atoms with E-state index in [9.17, 15) is 5.11 Å². The van der Waals surface area contributed by atoms with Crippen LogP contribution in [0.15, 0.2) is 9.67 Å². The van der Waals surface area contributed by atoms with Gasteiger partial charge in [0.05, 0.1) is 0 Å². The topological polar surface area (TPSA) is 20.2 Å². The number of hydrogen-bond acceptors (Lipinski definition) is 1. The van der Waals surface area contributed by atoms with E-state index in [1.807, 2.05) is 13.8 Å². The first-order chi connectivity index (χ1) is 12.8. The Bertz CT molecular complexity index is 425. The van der Waals surface area contributed by atoms with E-state index in [1.165, 1.54) is 83.9 Å². The average Bonchev–Trinajstić information content (AvgIpc) is 2.63. The van der Waals surface area contributed by atoms with Gasteiger partial charge >= 0.3 is 176 Å². The van der Waals surface area contributed by atoms with Crippen LogP contribution in [0.3, 0.4) is 0 Å². The molecule has 158 valence electrons. The summed E-state index contributed by atoms with van der Waals surface area (Å²) < 4.78 is 5.89. The van der Waals surface area contributed by atoms with Gasteiger partial charge in [0.2, 0.25) is 0 Å². The second kappa shape index (κ2) is 15.9. The first-order valence-corrected chi connectivity index (χ1v) is 19.3. The van der Waals surface area contributed by atoms with E-state index in [4.69, 9.17) is 0 Å². The molecule has 0 rings (SSSR count). The van der Waals surface area contributed by atoms with Crippen LogP contribution in [0.25, 0.3) is 0 Å². The van der Waals surface area contributed by atoms with Crippen molar-refractivity contribution in [2.24, 2.45) is 0 Å². The second-order valence-corrected chi connectivity index (χ2v) is 22.0. The number of rotatable bonds is 15. The Morgan fingerprint density at radius 1 is 0.778 bits per heavy atom. The Hall–Kier alpha value is 0.0587. The molecule has 2 heteroatoms. The normalized spacial score (nSPS) is 12.8. The van der Waals surface area contributed by atoms with Crippen molar-refractivity contribution in [3.8, 4) is 11.8 Å². The molecule has 0 spiro atoms. The fourth-order valence-corrected chi connectivity index (χ4v) is 19.6.